The summed E-state index contributed by atoms with van der Waals surface area (Å²) >= 11 is 0. The maximum absolute atomic E-state index is 11.2. The molecule has 0 aliphatic rings. The maximum atomic E-state index is 11.2. The topological polar surface area (TPSA) is 85.8 Å². The van der Waals surface area contributed by atoms with Crippen LogP contribution in [0, 0.1) is 0 Å². The van der Waals surface area contributed by atoms with Gasteiger partial charge in [0.2, 0.25) is 5.91 Å². The van der Waals surface area contributed by atoms with Crippen LogP contribution >= 0.6 is 24.0 Å². The van der Waals surface area contributed by atoms with E-state index in [4.69, 9.17) is 0 Å². The molecular weight excluding hydrogens is 467 g/mol. The van der Waals surface area contributed by atoms with Crippen LogP contribution in [0.25, 0.3) is 0 Å². The number of rotatable bonds is 8. The number of nitrogens with zero attached hydrogens (tertiary/aromatic N) is 1. The van der Waals surface area contributed by atoms with Gasteiger partial charge in [0.25, 0.3) is 0 Å². The number of guanidine groups is 1. The number of halogens is 1. The van der Waals surface area contributed by atoms with Gasteiger partial charge in [0.05, 0.1) is 13.2 Å². The Labute approximate surface area is 183 Å². The van der Waals surface area contributed by atoms with Crippen molar-refractivity contribution < 1.29 is 9.90 Å². The van der Waals surface area contributed by atoms with E-state index in [2.05, 4.69) is 20.9 Å². The highest BCUT2D eigenvalue weighted by Crippen LogP contribution is 2.14. The van der Waals surface area contributed by atoms with Gasteiger partial charge in [0, 0.05) is 31.6 Å². The van der Waals surface area contributed by atoms with Crippen LogP contribution in [0.5, 0.6) is 0 Å². The Balaban J connectivity index is 0.00000392. The van der Waals surface area contributed by atoms with Gasteiger partial charge < -0.3 is 21.1 Å². The molecule has 0 aliphatic carbocycles. The second kappa shape index (κ2) is 13.1. The second-order valence-electron chi connectivity index (χ2n) is 6.25. The number of carbonyl (C=O) groups is 1. The van der Waals surface area contributed by atoms with E-state index < -0.39 is 0 Å². The van der Waals surface area contributed by atoms with E-state index in [9.17, 15) is 9.90 Å². The maximum Gasteiger partial charge on any atom is 0.221 e. The average molecular weight is 496 g/mol. The van der Waals surface area contributed by atoms with Gasteiger partial charge in [-0.2, -0.15) is 0 Å². The first-order valence-corrected chi connectivity index (χ1v) is 9.17. The van der Waals surface area contributed by atoms with Crippen molar-refractivity contribution in [2.45, 2.75) is 26.3 Å². The lowest BCUT2D eigenvalue weighted by atomic mass is 10.0. The summed E-state index contributed by atoms with van der Waals surface area (Å²) in [6, 6.07) is 17.6. The number of aliphatic imine (C=N–C) groups is 1. The second-order valence-corrected chi connectivity index (χ2v) is 6.25. The number of nitrogens with one attached hydrogen (secondary N) is 3. The quantitative estimate of drug-likeness (QED) is 0.257. The lowest BCUT2D eigenvalue weighted by Gasteiger charge is -2.18. The lowest BCUT2D eigenvalue weighted by molar-refractivity contribution is -0.114. The molecule has 4 N–H and O–H groups in total. The number of amides is 1. The van der Waals surface area contributed by atoms with Crippen LogP contribution in [0.15, 0.2) is 59.6 Å². The monoisotopic (exact) mass is 496 g/mol. The van der Waals surface area contributed by atoms with E-state index in [1.165, 1.54) is 6.92 Å². The molecule has 0 aromatic heterocycles. The number of hydrogen-bond donors (Lipinski definition) is 4. The Morgan fingerprint density at radius 2 is 1.86 bits per heavy atom. The van der Waals surface area contributed by atoms with Crippen molar-refractivity contribution in [2.75, 3.05) is 25.0 Å². The third kappa shape index (κ3) is 8.26. The fourth-order valence-electron chi connectivity index (χ4n) is 2.70. The van der Waals surface area contributed by atoms with Crippen LogP contribution in [-0.2, 0) is 11.3 Å². The predicted molar refractivity (Wildman–Crippen MR) is 125 cm³/mol. The summed E-state index contributed by atoms with van der Waals surface area (Å²) in [7, 11) is 0. The van der Waals surface area contributed by atoms with Gasteiger partial charge in [0.15, 0.2) is 5.96 Å². The minimum Gasteiger partial charge on any atom is -0.396 e. The largest absolute Gasteiger partial charge is 0.396 e. The number of benzene rings is 2. The van der Waals surface area contributed by atoms with Crippen molar-refractivity contribution in [1.82, 2.24) is 10.6 Å². The van der Waals surface area contributed by atoms with Crippen molar-refractivity contribution in [2.24, 2.45) is 4.99 Å². The van der Waals surface area contributed by atoms with Crippen molar-refractivity contribution in [1.29, 1.82) is 0 Å². The van der Waals surface area contributed by atoms with Crippen LogP contribution in [0.4, 0.5) is 5.69 Å². The van der Waals surface area contributed by atoms with Gasteiger partial charge >= 0.3 is 0 Å². The first-order valence-electron chi connectivity index (χ1n) is 9.17. The van der Waals surface area contributed by atoms with Gasteiger partial charge in [-0.3, -0.25) is 4.79 Å². The molecule has 7 heteroatoms. The zero-order valence-electron chi connectivity index (χ0n) is 16.3. The van der Waals surface area contributed by atoms with Crippen LogP contribution in [-0.4, -0.2) is 36.7 Å². The summed E-state index contributed by atoms with van der Waals surface area (Å²) in [5.74, 6) is 0.594. The Morgan fingerprint density at radius 3 is 2.50 bits per heavy atom. The number of anilines is 1. The Kier molecular flexibility index (Phi) is 11.2. The van der Waals surface area contributed by atoms with Crippen molar-refractivity contribution in [3.63, 3.8) is 0 Å². The summed E-state index contributed by atoms with van der Waals surface area (Å²) in [6.07, 6.45) is 0. The SMILES string of the molecule is CCNC(=NCc1cccc(NC(C)=O)c1)NCC(CO)c1ccccc1.I. The van der Waals surface area contributed by atoms with Gasteiger partial charge in [-0.25, -0.2) is 4.99 Å². The first-order chi connectivity index (χ1) is 13.1. The number of hydrogen-bond acceptors (Lipinski definition) is 3. The van der Waals surface area contributed by atoms with Crippen LogP contribution in [0.3, 0.4) is 0 Å². The molecule has 6 nitrogen and oxygen atoms in total. The summed E-state index contributed by atoms with van der Waals surface area (Å²) < 4.78 is 0. The third-order valence-corrected chi connectivity index (χ3v) is 4.02. The highest BCUT2D eigenvalue weighted by Gasteiger charge is 2.10. The summed E-state index contributed by atoms with van der Waals surface area (Å²) in [4.78, 5) is 15.8. The molecule has 2 aromatic carbocycles. The van der Waals surface area contributed by atoms with Gasteiger partial charge in [-0.15, -0.1) is 24.0 Å². The lowest BCUT2D eigenvalue weighted by Crippen LogP contribution is -2.39. The average Bonchev–Trinajstić information content (AvgIpc) is 2.67. The Morgan fingerprint density at radius 1 is 1.11 bits per heavy atom. The van der Waals surface area contributed by atoms with Gasteiger partial charge in [0.1, 0.15) is 0 Å². The normalized spacial score (nSPS) is 11.9. The zero-order valence-corrected chi connectivity index (χ0v) is 18.6. The van der Waals surface area contributed by atoms with E-state index in [1.54, 1.807) is 0 Å². The molecule has 0 heterocycles. The first kappa shape index (κ1) is 23.9. The zero-order chi connectivity index (χ0) is 19.5. The standard InChI is InChI=1S/C21H28N4O2.HI/c1-3-22-21(24-14-19(15-26)18-9-5-4-6-10-18)23-13-17-8-7-11-20(12-17)25-16(2)27;/h4-12,19,26H,3,13-15H2,1-2H3,(H,25,27)(H2,22,23,24);1H. The van der Waals surface area contributed by atoms with Crippen LogP contribution < -0.4 is 16.0 Å². The molecule has 2 aromatic rings. The molecule has 152 valence electrons. The van der Waals surface area contributed by atoms with Crippen LogP contribution in [0.2, 0.25) is 0 Å². The van der Waals surface area contributed by atoms with E-state index in [0.717, 1.165) is 23.4 Å². The number of carbonyl (C=O) groups excluding carboxylic acids is 1. The molecule has 1 amide bonds. The fourth-order valence-corrected chi connectivity index (χ4v) is 2.70. The molecule has 0 saturated heterocycles. The summed E-state index contributed by atoms with van der Waals surface area (Å²) in [5, 5.41) is 19.0. The summed E-state index contributed by atoms with van der Waals surface area (Å²) in [5.41, 5.74) is 2.85. The molecule has 0 spiro atoms. The highest BCUT2D eigenvalue weighted by molar-refractivity contribution is 14.0. The highest BCUT2D eigenvalue weighted by atomic mass is 127. The molecule has 28 heavy (non-hydrogen) atoms. The molecule has 0 fully saturated rings. The molecular formula is C21H29IN4O2. The van der Waals surface area contributed by atoms with Gasteiger partial charge in [-0.05, 0) is 30.2 Å². The Hall–Kier alpha value is -2.13. The van der Waals surface area contributed by atoms with Gasteiger partial charge in [-0.1, -0.05) is 42.5 Å². The number of aliphatic hydroxyl groups is 1. The van der Waals surface area contributed by atoms with Crippen molar-refractivity contribution >= 4 is 41.5 Å². The van der Waals surface area contributed by atoms with Crippen molar-refractivity contribution in [3.05, 3.63) is 65.7 Å². The summed E-state index contributed by atoms with van der Waals surface area (Å²) in [6.45, 7) is 5.37. The molecule has 2 rings (SSSR count). The molecule has 0 aliphatic heterocycles. The van der Waals surface area contributed by atoms with E-state index in [1.807, 2.05) is 61.5 Å². The minimum absolute atomic E-state index is 0. The Bertz CT molecular complexity index is 753. The van der Waals surface area contributed by atoms with E-state index >= 15 is 0 Å². The van der Waals surface area contributed by atoms with E-state index in [0.29, 0.717) is 19.0 Å². The van der Waals surface area contributed by atoms with E-state index in [-0.39, 0.29) is 42.4 Å². The molecule has 0 radical (unpaired) electrons. The van der Waals surface area contributed by atoms with Crippen molar-refractivity contribution in [3.8, 4) is 0 Å². The molecule has 0 bridgehead atoms. The molecule has 0 saturated carbocycles. The number of aliphatic hydroxyl groups excluding tert-OH is 1. The third-order valence-electron chi connectivity index (χ3n) is 4.02. The minimum atomic E-state index is -0.0957. The smallest absolute Gasteiger partial charge is 0.221 e. The fraction of sp³-hybridized carbons (Fsp3) is 0.333. The molecule has 1 unspecified atom stereocenters. The predicted octanol–water partition coefficient (Wildman–Crippen LogP) is 3.09. The molecule has 1 atom stereocenters. The van der Waals surface area contributed by atoms with Crippen LogP contribution in [0.1, 0.15) is 30.9 Å².